The van der Waals surface area contributed by atoms with Crippen molar-refractivity contribution in [3.05, 3.63) is 47.4 Å². The number of halogens is 1. The van der Waals surface area contributed by atoms with Crippen LogP contribution in [0.2, 0.25) is 0 Å². The number of benzene rings is 1. The highest BCUT2D eigenvalue weighted by Crippen LogP contribution is 2.32. The number of aromatic nitrogens is 3. The lowest BCUT2D eigenvalue weighted by molar-refractivity contribution is 0.466. The zero-order valence-corrected chi connectivity index (χ0v) is 15.3. The summed E-state index contributed by atoms with van der Waals surface area (Å²) in [5.74, 6) is 3.00. The van der Waals surface area contributed by atoms with Gasteiger partial charge in [-0.05, 0) is 37.5 Å². The predicted octanol–water partition coefficient (Wildman–Crippen LogP) is 5.24. The van der Waals surface area contributed by atoms with Gasteiger partial charge in [0, 0.05) is 12.2 Å². The second-order valence-electron chi connectivity index (χ2n) is 6.41. The number of para-hydroxylation sites is 1. The second-order valence-corrected chi connectivity index (χ2v) is 6.67. The van der Waals surface area contributed by atoms with Crippen molar-refractivity contribution in [2.75, 3.05) is 0 Å². The maximum Gasteiger partial charge on any atom is 0.247 e. The molecule has 0 unspecified atom stereocenters. The van der Waals surface area contributed by atoms with Crippen molar-refractivity contribution in [3.63, 3.8) is 0 Å². The average Bonchev–Trinajstić information content (AvgIpc) is 2.91. The number of pyridine rings is 1. The van der Waals surface area contributed by atoms with Gasteiger partial charge in [-0.3, -0.25) is 0 Å². The van der Waals surface area contributed by atoms with Gasteiger partial charge in [-0.2, -0.15) is 0 Å². The Kier molecular flexibility index (Phi) is 4.76. The van der Waals surface area contributed by atoms with Crippen LogP contribution in [0.4, 0.5) is 0 Å². The van der Waals surface area contributed by atoms with Crippen LogP contribution < -0.4 is 4.74 Å². The Bertz CT molecular complexity index is 856. The molecule has 1 aromatic carbocycles. The molecule has 24 heavy (non-hydrogen) atoms. The maximum absolute atomic E-state index is 6.15. The smallest absolute Gasteiger partial charge is 0.247 e. The van der Waals surface area contributed by atoms with Gasteiger partial charge in [-0.25, -0.2) is 9.97 Å². The highest BCUT2D eigenvalue weighted by atomic mass is 35.5. The first kappa shape index (κ1) is 16.8. The molecule has 0 atom stereocenters. The first-order valence-electron chi connectivity index (χ1n) is 8.16. The van der Waals surface area contributed by atoms with Crippen LogP contribution in [0.25, 0.3) is 11.0 Å². The molecule has 0 saturated heterocycles. The number of fused-ring (bicyclic) bond motifs is 1. The van der Waals surface area contributed by atoms with Gasteiger partial charge in [-0.1, -0.05) is 32.0 Å². The van der Waals surface area contributed by atoms with Crippen LogP contribution in [-0.2, 0) is 12.4 Å². The lowest BCUT2D eigenvalue weighted by Gasteiger charge is -2.13. The van der Waals surface area contributed by atoms with Gasteiger partial charge in [0.05, 0.1) is 11.4 Å². The number of aryl methyl sites for hydroxylation is 2. The van der Waals surface area contributed by atoms with E-state index in [4.69, 9.17) is 21.3 Å². The van der Waals surface area contributed by atoms with E-state index >= 15 is 0 Å². The van der Waals surface area contributed by atoms with E-state index in [1.54, 1.807) is 0 Å². The summed E-state index contributed by atoms with van der Waals surface area (Å²) >= 11 is 6.15. The molecule has 2 aromatic heterocycles. The molecular weight excluding hydrogens is 322 g/mol. The van der Waals surface area contributed by atoms with Crippen LogP contribution in [0.3, 0.4) is 0 Å². The van der Waals surface area contributed by atoms with Crippen LogP contribution in [0, 0.1) is 19.8 Å². The minimum atomic E-state index is 0.366. The molecule has 0 saturated carbocycles. The van der Waals surface area contributed by atoms with Crippen molar-refractivity contribution in [2.24, 2.45) is 5.92 Å². The summed E-state index contributed by atoms with van der Waals surface area (Å²) in [6, 6.07) is 9.66. The molecule has 126 valence electrons. The number of hydrogen-bond acceptors (Lipinski definition) is 3. The molecule has 0 aliphatic carbocycles. The minimum Gasteiger partial charge on any atom is -0.437 e. The van der Waals surface area contributed by atoms with Gasteiger partial charge in [0.15, 0.2) is 5.52 Å². The lowest BCUT2D eigenvalue weighted by Crippen LogP contribution is -2.08. The molecule has 3 rings (SSSR count). The quantitative estimate of drug-likeness (QED) is 0.595. The number of imidazole rings is 1. The van der Waals surface area contributed by atoms with Crippen LogP contribution in [0.1, 0.15) is 30.9 Å². The van der Waals surface area contributed by atoms with Crippen LogP contribution >= 0.6 is 11.6 Å². The molecule has 0 aliphatic rings. The Morgan fingerprint density at radius 1 is 1.12 bits per heavy atom. The Morgan fingerprint density at radius 2 is 1.83 bits per heavy atom. The topological polar surface area (TPSA) is 39.9 Å². The largest absolute Gasteiger partial charge is 0.437 e. The van der Waals surface area contributed by atoms with E-state index in [0.717, 1.165) is 40.4 Å². The lowest BCUT2D eigenvalue weighted by atomic mass is 10.1. The number of ether oxygens (including phenoxy) is 1. The van der Waals surface area contributed by atoms with E-state index in [1.807, 2.05) is 37.3 Å². The number of hydrogen-bond donors (Lipinski definition) is 0. The highest BCUT2D eigenvalue weighted by molar-refractivity contribution is 6.16. The molecule has 0 N–H and O–H groups in total. The van der Waals surface area contributed by atoms with Crippen LogP contribution in [0.15, 0.2) is 30.3 Å². The monoisotopic (exact) mass is 343 g/mol. The third kappa shape index (κ3) is 3.11. The molecular formula is C19H22ClN3O. The second kappa shape index (κ2) is 6.81. The summed E-state index contributed by atoms with van der Waals surface area (Å²) < 4.78 is 8.22. The SMILES string of the molecule is Cc1nc(Oc2ccccc2)c2nc(CCl)n(CC(C)C)c2c1C. The third-order valence-corrected chi connectivity index (χ3v) is 4.28. The van der Waals surface area contributed by atoms with Gasteiger partial charge >= 0.3 is 0 Å². The maximum atomic E-state index is 6.15. The van der Waals surface area contributed by atoms with Crippen molar-refractivity contribution in [2.45, 2.75) is 40.1 Å². The Morgan fingerprint density at radius 3 is 2.46 bits per heavy atom. The van der Waals surface area contributed by atoms with Crippen molar-refractivity contribution >= 4 is 22.6 Å². The van der Waals surface area contributed by atoms with Gasteiger partial charge in [0.1, 0.15) is 11.6 Å². The van der Waals surface area contributed by atoms with Crippen molar-refractivity contribution in [3.8, 4) is 11.6 Å². The van der Waals surface area contributed by atoms with E-state index in [9.17, 15) is 0 Å². The predicted molar refractivity (Wildman–Crippen MR) is 97.9 cm³/mol. The fraction of sp³-hybridized carbons (Fsp3) is 0.368. The third-order valence-electron chi connectivity index (χ3n) is 4.04. The normalized spacial score (nSPS) is 11.4. The fourth-order valence-electron chi connectivity index (χ4n) is 2.82. The van der Waals surface area contributed by atoms with E-state index in [0.29, 0.717) is 17.7 Å². The highest BCUT2D eigenvalue weighted by Gasteiger charge is 2.20. The van der Waals surface area contributed by atoms with Crippen LogP contribution in [0.5, 0.6) is 11.6 Å². The molecule has 0 radical (unpaired) electrons. The summed E-state index contributed by atoms with van der Waals surface area (Å²) in [6.07, 6.45) is 0. The average molecular weight is 344 g/mol. The zero-order chi connectivity index (χ0) is 17.3. The molecule has 3 aromatic rings. The summed E-state index contributed by atoms with van der Waals surface area (Å²) in [6.45, 7) is 9.32. The molecule has 0 aliphatic heterocycles. The van der Waals surface area contributed by atoms with Crippen molar-refractivity contribution in [1.29, 1.82) is 0 Å². The number of nitrogens with zero attached hydrogens (tertiary/aromatic N) is 3. The molecule has 5 heteroatoms. The number of alkyl halides is 1. The summed E-state index contributed by atoms with van der Waals surface area (Å²) in [5, 5.41) is 0. The molecule has 0 fully saturated rings. The fourth-order valence-corrected chi connectivity index (χ4v) is 3.03. The first-order chi connectivity index (χ1) is 11.5. The molecule has 0 amide bonds. The van der Waals surface area contributed by atoms with E-state index < -0.39 is 0 Å². The Labute approximate surface area is 147 Å². The molecule has 4 nitrogen and oxygen atoms in total. The van der Waals surface area contributed by atoms with E-state index in [-0.39, 0.29) is 0 Å². The van der Waals surface area contributed by atoms with Crippen molar-refractivity contribution < 1.29 is 4.74 Å². The van der Waals surface area contributed by atoms with Gasteiger partial charge < -0.3 is 9.30 Å². The minimum absolute atomic E-state index is 0.366. The van der Waals surface area contributed by atoms with Crippen molar-refractivity contribution in [1.82, 2.24) is 14.5 Å². The van der Waals surface area contributed by atoms with Crippen LogP contribution in [-0.4, -0.2) is 14.5 Å². The molecule has 0 spiro atoms. The standard InChI is InChI=1S/C19H22ClN3O/c1-12(2)11-23-16(10-20)22-17-18(23)13(3)14(4)21-19(17)24-15-8-6-5-7-9-15/h5-9,12H,10-11H2,1-4H3. The molecule has 0 bridgehead atoms. The zero-order valence-electron chi connectivity index (χ0n) is 14.5. The summed E-state index contributed by atoms with van der Waals surface area (Å²) in [7, 11) is 0. The summed E-state index contributed by atoms with van der Waals surface area (Å²) in [4.78, 5) is 9.35. The van der Waals surface area contributed by atoms with Gasteiger partial charge in [0.2, 0.25) is 5.88 Å². The first-order valence-corrected chi connectivity index (χ1v) is 8.70. The Hall–Kier alpha value is -2.07. The Balaban J connectivity index is 2.20. The number of rotatable bonds is 5. The van der Waals surface area contributed by atoms with E-state index in [2.05, 4.69) is 30.3 Å². The van der Waals surface area contributed by atoms with E-state index in [1.165, 1.54) is 0 Å². The van der Waals surface area contributed by atoms with Gasteiger partial charge in [0.25, 0.3) is 0 Å². The van der Waals surface area contributed by atoms with Gasteiger partial charge in [-0.15, -0.1) is 11.6 Å². The molecule has 2 heterocycles. The summed E-state index contributed by atoms with van der Waals surface area (Å²) in [5.41, 5.74) is 3.91.